The van der Waals surface area contributed by atoms with Crippen LogP contribution in [0.25, 0.3) is 17.4 Å². The highest BCUT2D eigenvalue weighted by Crippen LogP contribution is 2.36. The molecule has 1 aliphatic rings. The molecule has 1 fully saturated rings. The van der Waals surface area contributed by atoms with Crippen molar-refractivity contribution >= 4 is 57.8 Å². The molecule has 0 N–H and O–H groups in total. The summed E-state index contributed by atoms with van der Waals surface area (Å²) in [6, 6.07) is 14.5. The van der Waals surface area contributed by atoms with Crippen LogP contribution in [-0.2, 0) is 4.79 Å². The average molecular weight is 461 g/mol. The third kappa shape index (κ3) is 4.31. The Morgan fingerprint density at radius 3 is 2.60 bits per heavy atom. The summed E-state index contributed by atoms with van der Waals surface area (Å²) in [5, 5.41) is 1.55. The molecule has 0 radical (unpaired) electrons. The number of benzene rings is 2. The van der Waals surface area contributed by atoms with E-state index >= 15 is 0 Å². The topological polar surface area (TPSA) is 45.8 Å². The second-order valence-corrected chi connectivity index (χ2v) is 8.21. The fourth-order valence-corrected chi connectivity index (χ4v) is 4.43. The van der Waals surface area contributed by atoms with Gasteiger partial charge in [-0.1, -0.05) is 23.2 Å². The number of rotatable bonds is 4. The van der Waals surface area contributed by atoms with Gasteiger partial charge < -0.3 is 4.42 Å². The number of hydrogen-bond donors (Lipinski definition) is 0. The Labute approximate surface area is 187 Å². The number of carbonyl (C=O) groups excluding carboxylic acids is 1. The van der Waals surface area contributed by atoms with E-state index < -0.39 is 0 Å². The van der Waals surface area contributed by atoms with Crippen molar-refractivity contribution in [1.82, 2.24) is 4.90 Å². The molecule has 0 unspecified atom stereocenters. The first-order valence-corrected chi connectivity index (χ1v) is 10.6. The van der Waals surface area contributed by atoms with Crippen LogP contribution in [0, 0.1) is 5.82 Å². The van der Waals surface area contributed by atoms with Crippen molar-refractivity contribution < 1.29 is 13.6 Å². The van der Waals surface area contributed by atoms with E-state index in [0.717, 1.165) is 0 Å². The van der Waals surface area contributed by atoms with Crippen LogP contribution in [0.3, 0.4) is 0 Å². The molecular formula is C22H15Cl2FN2O2S. The number of amides is 1. The van der Waals surface area contributed by atoms with Crippen LogP contribution in [0.2, 0.25) is 10.0 Å². The number of hydrogen-bond acceptors (Lipinski definition) is 4. The van der Waals surface area contributed by atoms with E-state index in [4.69, 9.17) is 27.6 Å². The average Bonchev–Trinajstić information content (AvgIpc) is 3.28. The van der Waals surface area contributed by atoms with Gasteiger partial charge in [0, 0.05) is 23.2 Å². The van der Waals surface area contributed by atoms with Crippen molar-refractivity contribution in [2.75, 3.05) is 6.54 Å². The summed E-state index contributed by atoms with van der Waals surface area (Å²) in [7, 11) is 0. The van der Waals surface area contributed by atoms with Crippen LogP contribution in [-0.4, -0.2) is 22.5 Å². The lowest BCUT2D eigenvalue weighted by atomic mass is 10.2. The molecule has 0 atom stereocenters. The van der Waals surface area contributed by atoms with Gasteiger partial charge in [0.1, 0.15) is 17.3 Å². The molecule has 4 rings (SSSR count). The van der Waals surface area contributed by atoms with Crippen molar-refractivity contribution in [3.63, 3.8) is 0 Å². The molecule has 8 heteroatoms. The van der Waals surface area contributed by atoms with Crippen LogP contribution in [0.4, 0.5) is 10.1 Å². The predicted molar refractivity (Wildman–Crippen MR) is 121 cm³/mol. The molecule has 4 nitrogen and oxygen atoms in total. The Bertz CT molecular complexity index is 1170. The zero-order valence-corrected chi connectivity index (χ0v) is 18.1. The van der Waals surface area contributed by atoms with E-state index in [1.807, 2.05) is 6.92 Å². The molecule has 0 spiro atoms. The monoisotopic (exact) mass is 460 g/mol. The van der Waals surface area contributed by atoms with Gasteiger partial charge in [-0.3, -0.25) is 9.69 Å². The number of thioether (sulfide) groups is 1. The maximum atomic E-state index is 13.1. The van der Waals surface area contributed by atoms with E-state index in [2.05, 4.69) is 4.99 Å². The first-order chi connectivity index (χ1) is 14.4. The first kappa shape index (κ1) is 20.7. The molecular weight excluding hydrogens is 446 g/mol. The number of nitrogens with zero attached hydrogens (tertiary/aromatic N) is 2. The molecule has 152 valence electrons. The van der Waals surface area contributed by atoms with Gasteiger partial charge in [-0.05, 0) is 73.3 Å². The van der Waals surface area contributed by atoms with Gasteiger partial charge in [0.15, 0.2) is 5.17 Å². The SMILES string of the molecule is CCN1C(=O)/C(=C/c2ccc(-c3ccc(Cl)cc3Cl)o2)SC1=Nc1ccc(F)cc1. The predicted octanol–water partition coefficient (Wildman–Crippen LogP) is 7.02. The minimum atomic E-state index is -0.337. The summed E-state index contributed by atoms with van der Waals surface area (Å²) >= 11 is 13.4. The zero-order valence-electron chi connectivity index (χ0n) is 15.7. The summed E-state index contributed by atoms with van der Waals surface area (Å²) in [4.78, 5) is 19.3. The Morgan fingerprint density at radius 1 is 1.13 bits per heavy atom. The third-order valence-corrected chi connectivity index (χ3v) is 5.91. The number of aliphatic imine (C=N–C) groups is 1. The van der Waals surface area contributed by atoms with E-state index in [9.17, 15) is 9.18 Å². The number of amidine groups is 1. The second kappa shape index (κ2) is 8.68. The van der Waals surface area contributed by atoms with E-state index in [1.54, 1.807) is 53.4 Å². The standard InChI is InChI=1S/C22H15Cl2FN2O2S/c1-2-27-21(28)20(30-22(27)26-15-6-4-14(25)5-7-15)12-16-8-10-19(29-16)17-9-3-13(23)11-18(17)24/h3-12H,2H2,1H3/b20-12-,26-22?. The molecule has 0 saturated carbocycles. The lowest BCUT2D eigenvalue weighted by Crippen LogP contribution is -2.28. The molecule has 30 heavy (non-hydrogen) atoms. The summed E-state index contributed by atoms with van der Waals surface area (Å²) in [6.45, 7) is 2.34. The molecule has 1 aliphatic heterocycles. The number of likely N-dealkylation sites (N-methyl/N-ethyl adjacent to an activating group) is 1. The molecule has 3 aromatic rings. The molecule has 1 amide bonds. The Balaban J connectivity index is 1.62. The third-order valence-electron chi connectivity index (χ3n) is 4.35. The number of halogens is 3. The van der Waals surface area contributed by atoms with E-state index in [1.165, 1.54) is 23.9 Å². The van der Waals surface area contributed by atoms with Crippen LogP contribution >= 0.6 is 35.0 Å². The highest BCUT2D eigenvalue weighted by molar-refractivity contribution is 8.18. The van der Waals surface area contributed by atoms with Crippen molar-refractivity contribution in [2.45, 2.75) is 6.92 Å². The Morgan fingerprint density at radius 2 is 1.90 bits per heavy atom. The fourth-order valence-electron chi connectivity index (χ4n) is 2.89. The van der Waals surface area contributed by atoms with Crippen LogP contribution in [0.1, 0.15) is 12.7 Å². The van der Waals surface area contributed by atoms with Gasteiger partial charge in [0.25, 0.3) is 5.91 Å². The lowest BCUT2D eigenvalue weighted by Gasteiger charge is -2.11. The van der Waals surface area contributed by atoms with E-state index in [0.29, 0.717) is 49.4 Å². The first-order valence-electron chi connectivity index (χ1n) is 9.05. The normalized spacial score (nSPS) is 16.8. The summed E-state index contributed by atoms with van der Waals surface area (Å²) in [5.41, 5.74) is 1.29. The van der Waals surface area contributed by atoms with Gasteiger partial charge in [0.2, 0.25) is 0 Å². The maximum Gasteiger partial charge on any atom is 0.266 e. The molecule has 0 bridgehead atoms. The highest BCUT2D eigenvalue weighted by atomic mass is 35.5. The highest BCUT2D eigenvalue weighted by Gasteiger charge is 2.32. The van der Waals surface area contributed by atoms with Gasteiger partial charge in [0.05, 0.1) is 15.6 Å². The van der Waals surface area contributed by atoms with Crippen molar-refractivity contribution in [3.8, 4) is 11.3 Å². The quantitative estimate of drug-likeness (QED) is 0.393. The lowest BCUT2D eigenvalue weighted by molar-refractivity contribution is -0.122. The second-order valence-electron chi connectivity index (χ2n) is 6.36. The van der Waals surface area contributed by atoms with Crippen LogP contribution in [0.15, 0.2) is 68.9 Å². The molecule has 2 aromatic carbocycles. The van der Waals surface area contributed by atoms with E-state index in [-0.39, 0.29) is 11.7 Å². The smallest absolute Gasteiger partial charge is 0.266 e. The Kier molecular flexibility index (Phi) is 5.99. The maximum absolute atomic E-state index is 13.1. The number of carbonyl (C=O) groups is 1. The largest absolute Gasteiger partial charge is 0.457 e. The number of furan rings is 1. The zero-order chi connectivity index (χ0) is 21.3. The fraction of sp³-hybridized carbons (Fsp3) is 0.0909. The molecule has 1 aromatic heterocycles. The Hall–Kier alpha value is -2.54. The minimum Gasteiger partial charge on any atom is -0.457 e. The van der Waals surface area contributed by atoms with Crippen molar-refractivity contribution in [3.05, 3.63) is 81.1 Å². The van der Waals surface area contributed by atoms with Crippen LogP contribution in [0.5, 0.6) is 0 Å². The summed E-state index contributed by atoms with van der Waals surface area (Å²) < 4.78 is 19.0. The van der Waals surface area contributed by atoms with Gasteiger partial charge in [-0.15, -0.1) is 0 Å². The van der Waals surface area contributed by atoms with Gasteiger partial charge in [-0.2, -0.15) is 0 Å². The summed E-state index contributed by atoms with van der Waals surface area (Å²) in [5.74, 6) is 0.597. The molecule has 2 heterocycles. The minimum absolute atomic E-state index is 0.161. The van der Waals surface area contributed by atoms with Crippen molar-refractivity contribution in [2.24, 2.45) is 4.99 Å². The molecule has 0 aliphatic carbocycles. The van der Waals surface area contributed by atoms with Crippen LogP contribution < -0.4 is 0 Å². The van der Waals surface area contributed by atoms with Gasteiger partial charge >= 0.3 is 0 Å². The molecule has 1 saturated heterocycles. The van der Waals surface area contributed by atoms with Gasteiger partial charge in [-0.25, -0.2) is 9.38 Å². The van der Waals surface area contributed by atoms with Crippen molar-refractivity contribution in [1.29, 1.82) is 0 Å². The summed E-state index contributed by atoms with van der Waals surface area (Å²) in [6.07, 6.45) is 1.68.